The molecule has 0 unspecified atom stereocenters. The molecular formula is C7H10N2O. The van der Waals surface area contributed by atoms with Gasteiger partial charge in [-0.05, 0) is 6.92 Å². The zero-order valence-electron chi connectivity index (χ0n) is 6.00. The highest BCUT2D eigenvalue weighted by Gasteiger charge is 2.09. The van der Waals surface area contributed by atoms with E-state index in [4.69, 9.17) is 4.74 Å². The Hall–Kier alpha value is -0.830. The van der Waals surface area contributed by atoms with Gasteiger partial charge in [-0.1, -0.05) is 0 Å². The lowest BCUT2D eigenvalue weighted by Gasteiger charge is -2.13. The third-order valence-electron chi connectivity index (χ3n) is 1.68. The Labute approximate surface area is 59.6 Å². The summed E-state index contributed by atoms with van der Waals surface area (Å²) in [6, 6.07) is 0. The molecule has 1 aromatic rings. The second kappa shape index (κ2) is 2.09. The Bertz CT molecular complexity index is 218. The number of nitrogens with zero attached hydrogens (tertiary/aromatic N) is 2. The molecule has 3 nitrogen and oxygen atoms in total. The molecule has 1 aliphatic rings. The average molecular weight is 138 g/mol. The summed E-state index contributed by atoms with van der Waals surface area (Å²) >= 11 is 0. The third kappa shape index (κ3) is 0.827. The number of rotatable bonds is 0. The van der Waals surface area contributed by atoms with Gasteiger partial charge < -0.3 is 9.30 Å². The minimum absolute atomic E-state index is 0.677. The monoisotopic (exact) mass is 138 g/mol. The molecule has 0 saturated heterocycles. The van der Waals surface area contributed by atoms with Crippen LogP contribution in [-0.4, -0.2) is 16.2 Å². The predicted octanol–water partition coefficient (Wildman–Crippen LogP) is 0.722. The minimum Gasteiger partial charge on any atom is -0.360 e. The van der Waals surface area contributed by atoms with Crippen molar-refractivity contribution in [3.63, 3.8) is 0 Å². The van der Waals surface area contributed by atoms with Crippen LogP contribution in [0.3, 0.4) is 0 Å². The molecule has 54 valence electrons. The summed E-state index contributed by atoms with van der Waals surface area (Å²) in [6.07, 6.45) is 2.97. The molecule has 0 spiro atoms. The summed E-state index contributed by atoms with van der Waals surface area (Å²) in [7, 11) is 0. The van der Waals surface area contributed by atoms with Crippen molar-refractivity contribution in [2.75, 3.05) is 6.61 Å². The van der Waals surface area contributed by atoms with Crippen LogP contribution >= 0.6 is 0 Å². The van der Waals surface area contributed by atoms with Gasteiger partial charge in [-0.2, -0.15) is 0 Å². The summed E-state index contributed by atoms with van der Waals surface area (Å²) in [6.45, 7) is 3.50. The molecule has 1 aliphatic heterocycles. The number of fused-ring (bicyclic) bond motifs is 1. The highest BCUT2D eigenvalue weighted by atomic mass is 16.5. The highest BCUT2D eigenvalue weighted by molar-refractivity contribution is 5.02. The van der Waals surface area contributed by atoms with E-state index in [9.17, 15) is 0 Å². The van der Waals surface area contributed by atoms with Gasteiger partial charge in [0.2, 0.25) is 0 Å². The van der Waals surface area contributed by atoms with Crippen LogP contribution in [0.15, 0.2) is 6.20 Å². The molecule has 3 heteroatoms. The van der Waals surface area contributed by atoms with Crippen molar-refractivity contribution in [1.29, 1.82) is 0 Å². The van der Waals surface area contributed by atoms with E-state index in [0.717, 1.165) is 24.5 Å². The minimum atomic E-state index is 0.677. The van der Waals surface area contributed by atoms with Crippen LogP contribution in [0.2, 0.25) is 0 Å². The first-order chi connectivity index (χ1) is 4.86. The fourth-order valence-corrected chi connectivity index (χ4v) is 1.23. The lowest BCUT2D eigenvalue weighted by atomic mass is 10.4. The van der Waals surface area contributed by atoms with Crippen LogP contribution in [-0.2, 0) is 17.9 Å². The third-order valence-corrected chi connectivity index (χ3v) is 1.68. The maximum absolute atomic E-state index is 5.23. The van der Waals surface area contributed by atoms with E-state index in [0.29, 0.717) is 6.73 Å². The van der Waals surface area contributed by atoms with Gasteiger partial charge in [-0.3, -0.25) is 0 Å². The van der Waals surface area contributed by atoms with Gasteiger partial charge in [0.05, 0.1) is 12.3 Å². The molecule has 0 radical (unpaired) electrons. The topological polar surface area (TPSA) is 27.1 Å². The molecule has 10 heavy (non-hydrogen) atoms. The largest absolute Gasteiger partial charge is 0.360 e. The van der Waals surface area contributed by atoms with Crippen LogP contribution < -0.4 is 0 Å². The van der Waals surface area contributed by atoms with Crippen LogP contribution in [0, 0.1) is 6.92 Å². The summed E-state index contributed by atoms with van der Waals surface area (Å²) in [5.41, 5.74) is 1.08. The quantitative estimate of drug-likeness (QED) is 0.528. The molecule has 0 amide bonds. The number of aromatic nitrogens is 2. The Kier molecular flexibility index (Phi) is 1.24. The summed E-state index contributed by atoms with van der Waals surface area (Å²) in [5, 5.41) is 0. The molecular weight excluding hydrogens is 128 g/mol. The molecule has 0 fully saturated rings. The summed E-state index contributed by atoms with van der Waals surface area (Å²) < 4.78 is 7.29. The van der Waals surface area contributed by atoms with E-state index in [1.807, 2.05) is 13.1 Å². The van der Waals surface area contributed by atoms with Gasteiger partial charge in [0.15, 0.2) is 0 Å². The number of hydrogen-bond acceptors (Lipinski definition) is 2. The normalized spacial score (nSPS) is 16.9. The molecule has 0 aromatic carbocycles. The van der Waals surface area contributed by atoms with Crippen molar-refractivity contribution in [2.45, 2.75) is 20.1 Å². The summed E-state index contributed by atoms with van der Waals surface area (Å²) in [5.74, 6) is 1.16. The molecule has 1 aromatic heterocycles. The first kappa shape index (κ1) is 5.92. The van der Waals surface area contributed by atoms with Gasteiger partial charge in [0, 0.05) is 12.6 Å². The summed E-state index contributed by atoms with van der Waals surface area (Å²) in [4.78, 5) is 4.33. The Morgan fingerprint density at radius 2 is 2.60 bits per heavy atom. The predicted molar refractivity (Wildman–Crippen MR) is 36.6 cm³/mol. The van der Waals surface area contributed by atoms with Crippen molar-refractivity contribution >= 4 is 0 Å². The molecule has 2 heterocycles. The fraction of sp³-hybridized carbons (Fsp3) is 0.571. The Balaban J connectivity index is 2.41. The van der Waals surface area contributed by atoms with E-state index in [2.05, 4.69) is 9.55 Å². The van der Waals surface area contributed by atoms with Crippen molar-refractivity contribution in [1.82, 2.24) is 9.55 Å². The standard InChI is InChI=1S/C7H10N2O/c1-6-4-9-5-10-3-2-7(9)8-6/h4H,2-3,5H2,1H3. The van der Waals surface area contributed by atoms with Gasteiger partial charge >= 0.3 is 0 Å². The molecule has 0 saturated carbocycles. The van der Waals surface area contributed by atoms with E-state index in [1.165, 1.54) is 0 Å². The van der Waals surface area contributed by atoms with Gasteiger partial charge in [0.25, 0.3) is 0 Å². The number of aryl methyl sites for hydroxylation is 1. The van der Waals surface area contributed by atoms with Crippen molar-refractivity contribution in [3.8, 4) is 0 Å². The molecule has 0 bridgehead atoms. The zero-order valence-corrected chi connectivity index (χ0v) is 6.00. The van der Waals surface area contributed by atoms with E-state index in [-0.39, 0.29) is 0 Å². The van der Waals surface area contributed by atoms with Gasteiger partial charge in [-0.15, -0.1) is 0 Å². The second-order valence-electron chi connectivity index (χ2n) is 2.56. The van der Waals surface area contributed by atoms with Crippen LogP contribution in [0.1, 0.15) is 11.5 Å². The average Bonchev–Trinajstić information content (AvgIpc) is 2.27. The van der Waals surface area contributed by atoms with Crippen molar-refractivity contribution in [3.05, 3.63) is 17.7 Å². The number of ether oxygens (including phenoxy) is 1. The smallest absolute Gasteiger partial charge is 0.124 e. The Morgan fingerprint density at radius 3 is 3.40 bits per heavy atom. The van der Waals surface area contributed by atoms with Crippen LogP contribution in [0.4, 0.5) is 0 Å². The number of hydrogen-bond donors (Lipinski definition) is 0. The number of imidazole rings is 1. The molecule has 2 rings (SSSR count). The van der Waals surface area contributed by atoms with E-state index < -0.39 is 0 Å². The maximum Gasteiger partial charge on any atom is 0.124 e. The lowest BCUT2D eigenvalue weighted by Crippen LogP contribution is -2.15. The molecule has 0 aliphatic carbocycles. The van der Waals surface area contributed by atoms with Gasteiger partial charge in [0.1, 0.15) is 12.6 Å². The van der Waals surface area contributed by atoms with Gasteiger partial charge in [-0.25, -0.2) is 4.98 Å². The first-order valence-electron chi connectivity index (χ1n) is 3.46. The Morgan fingerprint density at radius 1 is 1.70 bits per heavy atom. The van der Waals surface area contributed by atoms with Crippen molar-refractivity contribution in [2.24, 2.45) is 0 Å². The molecule has 0 atom stereocenters. The SMILES string of the molecule is Cc1cn2c(n1)CCOC2. The van der Waals surface area contributed by atoms with Crippen molar-refractivity contribution < 1.29 is 4.74 Å². The lowest BCUT2D eigenvalue weighted by molar-refractivity contribution is 0.0558. The maximum atomic E-state index is 5.23. The van der Waals surface area contributed by atoms with Crippen LogP contribution in [0.5, 0.6) is 0 Å². The highest BCUT2D eigenvalue weighted by Crippen LogP contribution is 2.08. The molecule has 0 N–H and O–H groups in total. The van der Waals surface area contributed by atoms with Crippen LogP contribution in [0.25, 0.3) is 0 Å². The van der Waals surface area contributed by atoms with E-state index in [1.54, 1.807) is 0 Å². The van der Waals surface area contributed by atoms with E-state index >= 15 is 0 Å². The first-order valence-corrected chi connectivity index (χ1v) is 3.46. The zero-order chi connectivity index (χ0) is 6.97. The second-order valence-corrected chi connectivity index (χ2v) is 2.56. The fourth-order valence-electron chi connectivity index (χ4n) is 1.23.